The molecule has 2 aliphatic heterocycles. The maximum Gasteiger partial charge on any atom is 0.264 e. The zero-order valence-corrected chi connectivity index (χ0v) is 27.4. The van der Waals surface area contributed by atoms with Crippen molar-refractivity contribution in [2.45, 2.75) is 50.2 Å². The number of halogens is 1. The van der Waals surface area contributed by atoms with Crippen molar-refractivity contribution in [3.05, 3.63) is 102 Å². The number of ether oxygens (including phenoxy) is 1. The molecular formula is C35H41FN4O5Si. The highest BCUT2D eigenvalue weighted by Gasteiger charge is 2.67. The molecule has 0 aromatic heterocycles. The van der Waals surface area contributed by atoms with Crippen LogP contribution in [-0.4, -0.2) is 61.9 Å². The van der Waals surface area contributed by atoms with Gasteiger partial charge in [-0.1, -0.05) is 43.3 Å². The zero-order valence-electron chi connectivity index (χ0n) is 26.4. The molecule has 0 bridgehead atoms. The van der Waals surface area contributed by atoms with Crippen molar-refractivity contribution in [2.24, 2.45) is 5.92 Å². The average molecular weight is 645 g/mol. The first-order valence-corrected chi connectivity index (χ1v) is 18.4. The number of carbonyl (C=O) groups is 3. The number of anilines is 3. The molecule has 4 atom stereocenters. The van der Waals surface area contributed by atoms with Crippen molar-refractivity contribution in [1.82, 2.24) is 4.90 Å². The molecule has 3 amide bonds. The van der Waals surface area contributed by atoms with Crippen LogP contribution >= 0.6 is 0 Å². The topological polar surface area (TPSA) is 125 Å². The van der Waals surface area contributed by atoms with Gasteiger partial charge >= 0.3 is 0 Å². The third-order valence-corrected chi connectivity index (χ3v) is 11.5. The summed E-state index contributed by atoms with van der Waals surface area (Å²) in [5.74, 6) is -1.63. The molecule has 3 aromatic carbocycles. The third kappa shape index (κ3) is 6.22. The molecule has 0 saturated carbocycles. The second kappa shape index (κ2) is 13.2. The number of aliphatic hydroxyl groups excluding tert-OH is 1. The van der Waals surface area contributed by atoms with E-state index in [0.29, 0.717) is 28.2 Å². The highest BCUT2D eigenvalue weighted by molar-refractivity contribution is 6.72. The summed E-state index contributed by atoms with van der Waals surface area (Å²) in [4.78, 5) is 44.3. The van der Waals surface area contributed by atoms with Crippen molar-refractivity contribution in [2.75, 3.05) is 35.6 Å². The molecule has 242 valence electrons. The van der Waals surface area contributed by atoms with Gasteiger partial charge in [0, 0.05) is 53.6 Å². The van der Waals surface area contributed by atoms with Gasteiger partial charge in [-0.2, -0.15) is 0 Å². The lowest BCUT2D eigenvalue weighted by atomic mass is 9.82. The number of nitrogens with zero attached hydrogens (tertiary/aromatic N) is 2. The molecule has 2 aliphatic rings. The molecule has 11 heteroatoms. The number of amides is 3. The van der Waals surface area contributed by atoms with Gasteiger partial charge in [-0.25, -0.2) is 0 Å². The lowest BCUT2D eigenvalue weighted by Gasteiger charge is -2.31. The Morgan fingerprint density at radius 2 is 1.85 bits per heavy atom. The van der Waals surface area contributed by atoms with E-state index in [1.54, 1.807) is 66.5 Å². The fourth-order valence-electron chi connectivity index (χ4n) is 6.99. The van der Waals surface area contributed by atoms with E-state index in [4.69, 9.17) is 10.5 Å². The molecule has 1 fully saturated rings. The highest BCUT2D eigenvalue weighted by Crippen LogP contribution is 2.60. The van der Waals surface area contributed by atoms with Crippen LogP contribution in [0.5, 0.6) is 0 Å². The van der Waals surface area contributed by atoms with Crippen molar-refractivity contribution >= 4 is 43.2 Å². The van der Waals surface area contributed by atoms with Crippen LogP contribution < -0.4 is 16.0 Å². The Hall–Kier alpha value is -4.32. The van der Waals surface area contributed by atoms with Gasteiger partial charge in [-0.05, 0) is 61.1 Å². The first-order valence-electron chi connectivity index (χ1n) is 15.4. The summed E-state index contributed by atoms with van der Waals surface area (Å²) in [6, 6.07) is 21.1. The number of nitrogens with one attached hydrogen (secondary N) is 1. The molecule has 1 spiro atoms. The summed E-state index contributed by atoms with van der Waals surface area (Å²) in [5.41, 5.74) is 6.87. The number of nitrogens with two attached hydrogens (primary N) is 1. The number of hydrogen-bond acceptors (Lipinski definition) is 6. The summed E-state index contributed by atoms with van der Waals surface area (Å²) < 4.78 is 23.0. The molecule has 0 radical (unpaired) electrons. The number of aliphatic hydroxyl groups is 1. The molecule has 4 N–H and O–H groups in total. The van der Waals surface area contributed by atoms with Crippen LogP contribution in [0.3, 0.4) is 0 Å². The molecule has 3 aromatic rings. The molecule has 2 heterocycles. The number of fused-ring (bicyclic) bond motifs is 2. The van der Waals surface area contributed by atoms with Crippen LogP contribution in [0.15, 0.2) is 85.5 Å². The summed E-state index contributed by atoms with van der Waals surface area (Å²) in [6.07, 6.45) is 0.570. The van der Waals surface area contributed by atoms with Crippen LogP contribution in [0.25, 0.3) is 0 Å². The lowest BCUT2D eigenvalue weighted by Crippen LogP contribution is -2.45. The van der Waals surface area contributed by atoms with E-state index in [0.717, 1.165) is 5.56 Å². The van der Waals surface area contributed by atoms with Gasteiger partial charge in [0.2, 0.25) is 14.3 Å². The van der Waals surface area contributed by atoms with Crippen LogP contribution in [0, 0.1) is 5.92 Å². The van der Waals surface area contributed by atoms with E-state index >= 15 is 4.11 Å². The van der Waals surface area contributed by atoms with Gasteiger partial charge in [-0.3, -0.25) is 14.4 Å². The van der Waals surface area contributed by atoms with Crippen molar-refractivity contribution in [1.29, 1.82) is 0 Å². The van der Waals surface area contributed by atoms with E-state index in [1.807, 2.05) is 37.3 Å². The number of nitrogen functional groups attached to an aromatic ring is 1. The van der Waals surface area contributed by atoms with Crippen molar-refractivity contribution in [3.63, 3.8) is 0 Å². The van der Waals surface area contributed by atoms with Crippen molar-refractivity contribution < 1.29 is 28.3 Å². The normalized spacial score (nSPS) is 22.2. The molecule has 0 aliphatic carbocycles. The quantitative estimate of drug-likeness (QED) is 0.114. The fraction of sp³-hybridized carbons (Fsp3) is 0.343. The minimum Gasteiger partial charge on any atom is -0.399 e. The predicted octanol–water partition coefficient (Wildman–Crippen LogP) is 5.24. The monoisotopic (exact) mass is 644 g/mol. The highest BCUT2D eigenvalue weighted by atomic mass is 28.4. The van der Waals surface area contributed by atoms with Gasteiger partial charge in [0.15, 0.2) is 5.60 Å². The fourth-order valence-corrected chi connectivity index (χ4v) is 9.48. The Labute approximate surface area is 270 Å². The molecule has 9 nitrogen and oxygen atoms in total. The van der Waals surface area contributed by atoms with E-state index in [9.17, 15) is 19.5 Å². The van der Waals surface area contributed by atoms with E-state index in [1.165, 1.54) is 4.90 Å². The smallest absolute Gasteiger partial charge is 0.264 e. The van der Waals surface area contributed by atoms with Crippen LogP contribution in [-0.2, 0) is 26.5 Å². The molecular weight excluding hydrogens is 603 g/mol. The minimum absolute atomic E-state index is 0.105. The number of carbonyl (C=O) groups excluding carboxylic acids is 3. The van der Waals surface area contributed by atoms with Crippen molar-refractivity contribution in [3.8, 4) is 0 Å². The first kappa shape index (κ1) is 33.1. The second-order valence-electron chi connectivity index (χ2n) is 12.5. The third-order valence-electron chi connectivity index (χ3n) is 9.02. The van der Waals surface area contributed by atoms with E-state index in [-0.39, 0.29) is 50.4 Å². The Morgan fingerprint density at radius 3 is 2.48 bits per heavy atom. The maximum atomic E-state index is 16.3. The standard InChI is InChI=1S/C35H41FN4O5Si/c1-5-17-40-29-16-15-27(38-33(43)25-11-13-26(37)14-12-25)20-28(29)35(34(40)44)23(2)32(46(3,4)36)30(45-35)21-31(42)39(18-19-41)22-24-9-7-6-8-10-24/h5-16,20,23,30,32,41H,1,17-19,21-22,37H2,2-4H3,(H,38,43)/t23-,30+,32-,35+/m1/s1. The number of rotatable bonds is 11. The molecule has 46 heavy (non-hydrogen) atoms. The SMILES string of the molecule is C=CCN1C(=O)[C@@]2(O[C@@H](CC(=O)N(CCO)Cc3ccccc3)[C@H]([Si](C)(C)F)[C@H]2C)c2cc(NC(=O)c3ccc(N)cc3)ccc21. The van der Waals surface area contributed by atoms with Gasteiger partial charge in [0.25, 0.3) is 11.8 Å². The number of benzene rings is 3. The maximum absolute atomic E-state index is 16.3. The van der Waals surface area contributed by atoms with E-state index < -0.39 is 31.6 Å². The average Bonchev–Trinajstić information content (AvgIpc) is 3.44. The zero-order chi connectivity index (χ0) is 33.2. The lowest BCUT2D eigenvalue weighted by molar-refractivity contribution is -0.149. The summed E-state index contributed by atoms with van der Waals surface area (Å²) in [7, 11) is -3.53. The summed E-state index contributed by atoms with van der Waals surface area (Å²) >= 11 is 0. The van der Waals surface area contributed by atoms with Crippen LogP contribution in [0.4, 0.5) is 21.2 Å². The van der Waals surface area contributed by atoms with Crippen LogP contribution in [0.2, 0.25) is 18.6 Å². The van der Waals surface area contributed by atoms with Crippen LogP contribution in [0.1, 0.15) is 34.8 Å². The Kier molecular flexibility index (Phi) is 9.48. The molecule has 0 unspecified atom stereocenters. The summed E-state index contributed by atoms with van der Waals surface area (Å²) in [5, 5.41) is 12.6. The van der Waals surface area contributed by atoms with E-state index in [2.05, 4.69) is 11.9 Å². The van der Waals surface area contributed by atoms with Gasteiger partial charge in [0.1, 0.15) is 0 Å². The van der Waals surface area contributed by atoms with Gasteiger partial charge in [-0.15, -0.1) is 6.58 Å². The Bertz CT molecular complexity index is 1610. The van der Waals surface area contributed by atoms with Gasteiger partial charge in [0.05, 0.1) is 24.8 Å². The van der Waals surface area contributed by atoms with Gasteiger partial charge < -0.3 is 34.8 Å². The predicted molar refractivity (Wildman–Crippen MR) is 179 cm³/mol. The second-order valence-corrected chi connectivity index (χ2v) is 16.3. The Balaban J connectivity index is 1.51. The number of hydrogen-bond donors (Lipinski definition) is 3. The molecule has 5 rings (SSSR count). The minimum atomic E-state index is -3.53. The molecule has 1 saturated heterocycles. The Morgan fingerprint density at radius 1 is 1.15 bits per heavy atom. The summed E-state index contributed by atoms with van der Waals surface area (Å²) in [6.45, 7) is 9.14. The first-order chi connectivity index (χ1) is 21.9. The largest absolute Gasteiger partial charge is 0.399 e.